The number of fused-ring (bicyclic) bond motifs is 2. The predicted octanol–water partition coefficient (Wildman–Crippen LogP) is 0.892. The average molecular weight is 261 g/mol. The van der Waals surface area contributed by atoms with Crippen LogP contribution in [0.4, 0.5) is 4.79 Å². The minimum Gasteiger partial charge on any atom is -0.480 e. The van der Waals surface area contributed by atoms with Crippen LogP contribution in [0.1, 0.15) is 17.5 Å². The first kappa shape index (κ1) is 11.7. The molecule has 98 valence electrons. The van der Waals surface area contributed by atoms with Gasteiger partial charge in [0.25, 0.3) is 5.91 Å². The normalized spacial score (nSPS) is 24.7. The van der Waals surface area contributed by atoms with Gasteiger partial charge in [-0.05, 0) is 12.0 Å². The molecule has 19 heavy (non-hydrogen) atoms. The lowest BCUT2D eigenvalue weighted by atomic mass is 9.95. The number of imide groups is 1. The lowest BCUT2D eigenvalue weighted by molar-refractivity contribution is -0.144. The second kappa shape index (κ2) is 3.81. The second-order valence-electron chi connectivity index (χ2n) is 4.64. The first-order valence-electron chi connectivity index (χ1n) is 5.90. The summed E-state index contributed by atoms with van der Waals surface area (Å²) in [5.74, 6) is -1.82. The van der Waals surface area contributed by atoms with Gasteiger partial charge >= 0.3 is 12.1 Å². The monoisotopic (exact) mass is 261 g/mol. The van der Waals surface area contributed by atoms with Gasteiger partial charge in [-0.3, -0.25) is 9.59 Å². The van der Waals surface area contributed by atoms with Gasteiger partial charge in [0.1, 0.15) is 6.54 Å². The van der Waals surface area contributed by atoms with Gasteiger partial charge in [0.15, 0.2) is 0 Å². The van der Waals surface area contributed by atoms with Gasteiger partial charge in [0.05, 0.1) is 0 Å². The fourth-order valence-corrected chi connectivity index (χ4v) is 2.73. The van der Waals surface area contributed by atoms with Crippen molar-refractivity contribution < 1.29 is 24.2 Å². The molecule has 1 fully saturated rings. The Morgan fingerprint density at radius 1 is 1.37 bits per heavy atom. The molecule has 1 aromatic carbocycles. The second-order valence-corrected chi connectivity index (χ2v) is 4.64. The van der Waals surface area contributed by atoms with E-state index in [0.29, 0.717) is 23.3 Å². The molecule has 6 nitrogen and oxygen atoms in total. The van der Waals surface area contributed by atoms with E-state index >= 15 is 0 Å². The van der Waals surface area contributed by atoms with E-state index in [-0.39, 0.29) is 0 Å². The molecule has 0 unspecified atom stereocenters. The van der Waals surface area contributed by atoms with Gasteiger partial charge in [-0.15, -0.1) is 0 Å². The lowest BCUT2D eigenvalue weighted by Crippen LogP contribution is -2.39. The maximum atomic E-state index is 12.4. The summed E-state index contributed by atoms with van der Waals surface area (Å²) < 4.78 is 5.24. The number of hydrogen-bond donors (Lipinski definition) is 1. The van der Waals surface area contributed by atoms with Crippen LogP contribution in [0.15, 0.2) is 24.3 Å². The molecule has 2 amide bonds. The van der Waals surface area contributed by atoms with Crippen LogP contribution in [-0.4, -0.2) is 34.5 Å². The predicted molar refractivity (Wildman–Crippen MR) is 62.3 cm³/mol. The summed E-state index contributed by atoms with van der Waals surface area (Å²) in [6, 6.07) is 7.25. The van der Waals surface area contributed by atoms with Crippen molar-refractivity contribution in [1.82, 2.24) is 4.90 Å². The van der Waals surface area contributed by atoms with Gasteiger partial charge < -0.3 is 9.84 Å². The van der Waals surface area contributed by atoms with Crippen LogP contribution in [0.3, 0.4) is 0 Å². The Hall–Kier alpha value is -2.37. The van der Waals surface area contributed by atoms with Gasteiger partial charge in [0, 0.05) is 12.0 Å². The first-order valence-corrected chi connectivity index (χ1v) is 5.90. The quantitative estimate of drug-likeness (QED) is 0.854. The van der Waals surface area contributed by atoms with Crippen LogP contribution in [0, 0.1) is 0 Å². The molecule has 2 aliphatic rings. The molecular weight excluding hydrogens is 250 g/mol. The number of ether oxygens (including phenoxy) is 1. The Kier molecular flexibility index (Phi) is 2.35. The number of aryl methyl sites for hydroxylation is 1. The van der Waals surface area contributed by atoms with E-state index in [4.69, 9.17) is 9.84 Å². The van der Waals surface area contributed by atoms with E-state index < -0.39 is 30.1 Å². The highest BCUT2D eigenvalue weighted by molar-refractivity contribution is 6.05. The number of hydrogen-bond acceptors (Lipinski definition) is 4. The van der Waals surface area contributed by atoms with Gasteiger partial charge in [-0.25, -0.2) is 9.69 Å². The first-order chi connectivity index (χ1) is 9.04. The molecule has 1 heterocycles. The summed E-state index contributed by atoms with van der Waals surface area (Å²) >= 11 is 0. The zero-order valence-corrected chi connectivity index (χ0v) is 9.96. The fraction of sp³-hybridized carbons (Fsp3) is 0.308. The molecule has 0 aromatic heterocycles. The van der Waals surface area contributed by atoms with E-state index in [2.05, 4.69) is 0 Å². The SMILES string of the molecule is O=C(O)CN1C(=O)O[C@@]2(CCc3ccccc32)C1=O. The van der Waals surface area contributed by atoms with Gasteiger partial charge in [-0.2, -0.15) is 0 Å². The van der Waals surface area contributed by atoms with E-state index in [1.807, 2.05) is 12.1 Å². The topological polar surface area (TPSA) is 83.9 Å². The highest BCUT2D eigenvalue weighted by Gasteiger charge is 2.58. The standard InChI is InChI=1S/C13H11NO5/c15-10(16)7-14-11(17)13(19-12(14)18)6-5-8-3-1-2-4-9(8)13/h1-4H,5-7H2,(H,15,16)/t13-/m1/s1. The molecule has 0 saturated carbocycles. The number of carboxylic acids is 1. The van der Waals surface area contributed by atoms with Crippen molar-refractivity contribution in [2.24, 2.45) is 0 Å². The molecular formula is C13H11NO5. The third-order valence-corrected chi connectivity index (χ3v) is 3.56. The van der Waals surface area contributed by atoms with Crippen LogP contribution in [0.2, 0.25) is 0 Å². The average Bonchev–Trinajstić information content (AvgIpc) is 2.85. The van der Waals surface area contributed by atoms with Crippen molar-refractivity contribution in [3.63, 3.8) is 0 Å². The number of rotatable bonds is 2. The van der Waals surface area contributed by atoms with Crippen LogP contribution >= 0.6 is 0 Å². The number of carbonyl (C=O) groups excluding carboxylic acids is 2. The highest BCUT2D eigenvalue weighted by atomic mass is 16.6. The minimum absolute atomic E-state index is 0.368. The van der Waals surface area contributed by atoms with E-state index in [9.17, 15) is 14.4 Å². The van der Waals surface area contributed by atoms with E-state index in [0.717, 1.165) is 5.56 Å². The number of benzene rings is 1. The Morgan fingerprint density at radius 2 is 2.11 bits per heavy atom. The lowest BCUT2D eigenvalue weighted by Gasteiger charge is -2.19. The van der Waals surface area contributed by atoms with Gasteiger partial charge in [0.2, 0.25) is 5.60 Å². The maximum absolute atomic E-state index is 12.4. The van der Waals surface area contributed by atoms with Crippen molar-refractivity contribution in [2.75, 3.05) is 6.54 Å². The van der Waals surface area contributed by atoms with Gasteiger partial charge in [-0.1, -0.05) is 24.3 Å². The van der Waals surface area contributed by atoms with Crippen molar-refractivity contribution in [2.45, 2.75) is 18.4 Å². The van der Waals surface area contributed by atoms with Crippen LogP contribution in [0.5, 0.6) is 0 Å². The highest BCUT2D eigenvalue weighted by Crippen LogP contribution is 2.44. The summed E-state index contributed by atoms with van der Waals surface area (Å²) in [6.07, 6.45) is 0.118. The molecule has 0 bridgehead atoms. The Labute approximate surface area is 108 Å². The zero-order chi connectivity index (χ0) is 13.6. The van der Waals surface area contributed by atoms with E-state index in [1.54, 1.807) is 12.1 Å². The largest absolute Gasteiger partial charge is 0.480 e. The smallest absolute Gasteiger partial charge is 0.418 e. The molecule has 1 aliphatic heterocycles. The fourth-order valence-electron chi connectivity index (χ4n) is 2.73. The number of carboxylic acid groups (broad SMARTS) is 1. The zero-order valence-electron chi connectivity index (χ0n) is 9.96. The maximum Gasteiger partial charge on any atom is 0.418 e. The molecule has 1 saturated heterocycles. The van der Waals surface area contributed by atoms with E-state index in [1.165, 1.54) is 0 Å². The summed E-state index contributed by atoms with van der Waals surface area (Å²) in [5.41, 5.74) is 0.311. The number of carbonyl (C=O) groups is 3. The number of amides is 2. The summed E-state index contributed by atoms with van der Waals surface area (Å²) in [6.45, 7) is -0.665. The summed E-state index contributed by atoms with van der Waals surface area (Å²) in [7, 11) is 0. The number of aliphatic carboxylic acids is 1. The summed E-state index contributed by atoms with van der Waals surface area (Å²) in [5, 5.41) is 8.73. The van der Waals surface area contributed by atoms with Crippen molar-refractivity contribution in [3.05, 3.63) is 35.4 Å². The summed E-state index contributed by atoms with van der Waals surface area (Å²) in [4.78, 5) is 35.4. The third kappa shape index (κ3) is 1.53. The molecule has 6 heteroatoms. The molecule has 1 N–H and O–H groups in total. The molecule has 0 radical (unpaired) electrons. The number of nitrogens with zero attached hydrogens (tertiary/aromatic N) is 1. The van der Waals surface area contributed by atoms with Crippen LogP contribution in [0.25, 0.3) is 0 Å². The molecule has 1 atom stereocenters. The Bertz CT molecular complexity index is 596. The Balaban J connectivity index is 2.02. The van der Waals surface area contributed by atoms with Crippen molar-refractivity contribution in [3.8, 4) is 0 Å². The minimum atomic E-state index is -1.32. The Morgan fingerprint density at radius 3 is 2.84 bits per heavy atom. The van der Waals surface area contributed by atoms with Crippen molar-refractivity contribution in [1.29, 1.82) is 0 Å². The van der Waals surface area contributed by atoms with Crippen LogP contribution < -0.4 is 0 Å². The third-order valence-electron chi connectivity index (χ3n) is 3.56. The van der Waals surface area contributed by atoms with Crippen molar-refractivity contribution >= 4 is 18.0 Å². The molecule has 1 spiro atoms. The molecule has 1 aromatic rings. The molecule has 3 rings (SSSR count). The van der Waals surface area contributed by atoms with Crippen LogP contribution in [-0.2, 0) is 26.3 Å². The molecule has 1 aliphatic carbocycles.